The van der Waals surface area contributed by atoms with Gasteiger partial charge in [0, 0.05) is 5.56 Å². The van der Waals surface area contributed by atoms with E-state index in [1.54, 1.807) is 19.3 Å². The topological polar surface area (TPSA) is 44.8 Å². The fourth-order valence-corrected chi connectivity index (χ4v) is 2.62. The second kappa shape index (κ2) is 7.26. The van der Waals surface area contributed by atoms with E-state index in [9.17, 15) is 4.79 Å². The van der Waals surface area contributed by atoms with Crippen LogP contribution in [0.2, 0.25) is 0 Å². The molecule has 0 aromatic heterocycles. The van der Waals surface area contributed by atoms with Crippen molar-refractivity contribution in [2.45, 2.75) is 13.8 Å². The molecule has 0 saturated heterocycles. The van der Waals surface area contributed by atoms with E-state index in [1.807, 2.05) is 56.3 Å². The fourth-order valence-electron chi connectivity index (χ4n) is 2.62. The molecule has 25 heavy (non-hydrogen) atoms. The summed E-state index contributed by atoms with van der Waals surface area (Å²) in [4.78, 5) is 12.2. The first-order chi connectivity index (χ1) is 12.1. The Kier molecular flexibility index (Phi) is 4.89. The zero-order valence-electron chi connectivity index (χ0n) is 14.5. The predicted octanol–water partition coefficient (Wildman–Crippen LogP) is 4.38. The summed E-state index contributed by atoms with van der Waals surface area (Å²) in [7, 11) is 1.63. The summed E-state index contributed by atoms with van der Waals surface area (Å²) >= 11 is 0. The van der Waals surface area contributed by atoms with Gasteiger partial charge in [-0.15, -0.1) is 0 Å². The van der Waals surface area contributed by atoms with Crippen LogP contribution in [0, 0.1) is 6.92 Å². The minimum atomic E-state index is -0.358. The Morgan fingerprint density at radius 2 is 1.88 bits per heavy atom. The number of rotatable bonds is 5. The molecule has 3 rings (SSSR count). The highest BCUT2D eigenvalue weighted by Gasteiger charge is 2.22. The van der Waals surface area contributed by atoms with Crippen molar-refractivity contribution in [2.24, 2.45) is 0 Å². The third kappa shape index (κ3) is 3.74. The highest BCUT2D eigenvalue weighted by Crippen LogP contribution is 2.29. The van der Waals surface area contributed by atoms with Gasteiger partial charge in [0.2, 0.25) is 0 Å². The van der Waals surface area contributed by atoms with Crippen molar-refractivity contribution in [1.82, 2.24) is 0 Å². The second-order valence-electron chi connectivity index (χ2n) is 5.68. The lowest BCUT2D eigenvalue weighted by molar-refractivity contribution is -0.130. The monoisotopic (exact) mass is 336 g/mol. The molecule has 0 amide bonds. The van der Waals surface area contributed by atoms with Gasteiger partial charge in [-0.2, -0.15) is 0 Å². The molecule has 0 saturated carbocycles. The molecule has 0 unspecified atom stereocenters. The first kappa shape index (κ1) is 16.8. The lowest BCUT2D eigenvalue weighted by Crippen LogP contribution is -1.97. The maximum atomic E-state index is 12.2. The second-order valence-corrected chi connectivity index (χ2v) is 5.68. The zero-order valence-corrected chi connectivity index (χ0v) is 14.5. The molecule has 0 aliphatic carbocycles. The van der Waals surface area contributed by atoms with Crippen LogP contribution in [0.4, 0.5) is 0 Å². The molecule has 0 N–H and O–H groups in total. The van der Waals surface area contributed by atoms with Crippen LogP contribution in [0.3, 0.4) is 0 Å². The first-order valence-electron chi connectivity index (χ1n) is 8.14. The molecule has 1 aliphatic heterocycles. The zero-order chi connectivity index (χ0) is 17.8. The minimum Gasteiger partial charge on any atom is -0.496 e. The number of carbonyl (C=O) groups is 1. The molecule has 1 heterocycles. The molecule has 2 aromatic rings. The predicted molar refractivity (Wildman–Crippen MR) is 97.4 cm³/mol. The Bertz CT molecular complexity index is 845. The third-order valence-electron chi connectivity index (χ3n) is 3.93. The van der Waals surface area contributed by atoms with E-state index >= 15 is 0 Å². The molecule has 0 radical (unpaired) electrons. The van der Waals surface area contributed by atoms with Crippen LogP contribution >= 0.6 is 0 Å². The number of aryl methyl sites for hydroxylation is 1. The van der Waals surface area contributed by atoms with Gasteiger partial charge in [0.25, 0.3) is 0 Å². The number of ether oxygens (including phenoxy) is 3. The van der Waals surface area contributed by atoms with Crippen molar-refractivity contribution in [3.8, 4) is 11.5 Å². The molecular weight excluding hydrogens is 316 g/mol. The average Bonchev–Trinajstić information content (AvgIpc) is 2.98. The molecule has 0 atom stereocenters. The van der Waals surface area contributed by atoms with E-state index in [0.29, 0.717) is 17.9 Å². The van der Waals surface area contributed by atoms with E-state index in [2.05, 4.69) is 0 Å². The van der Waals surface area contributed by atoms with Gasteiger partial charge in [-0.3, -0.25) is 0 Å². The van der Waals surface area contributed by atoms with Crippen LogP contribution in [-0.2, 0) is 9.53 Å². The van der Waals surface area contributed by atoms with E-state index in [4.69, 9.17) is 14.2 Å². The lowest BCUT2D eigenvalue weighted by atomic mass is 10.1. The van der Waals surface area contributed by atoms with Gasteiger partial charge in [0.15, 0.2) is 0 Å². The van der Waals surface area contributed by atoms with Gasteiger partial charge >= 0.3 is 5.97 Å². The summed E-state index contributed by atoms with van der Waals surface area (Å²) < 4.78 is 16.1. The number of esters is 1. The summed E-state index contributed by atoms with van der Waals surface area (Å²) in [6.45, 7) is 4.53. The molecule has 0 fully saturated rings. The molecule has 1 aliphatic rings. The molecule has 4 nitrogen and oxygen atoms in total. The van der Waals surface area contributed by atoms with Crippen LogP contribution in [0.25, 0.3) is 11.8 Å². The molecule has 0 spiro atoms. The summed E-state index contributed by atoms with van der Waals surface area (Å²) in [5, 5.41) is 0. The van der Waals surface area contributed by atoms with Gasteiger partial charge in [0.1, 0.15) is 17.3 Å². The average molecular weight is 336 g/mol. The fraction of sp³-hybridized carbons (Fsp3) is 0.190. The quantitative estimate of drug-likeness (QED) is 0.600. The van der Waals surface area contributed by atoms with Crippen LogP contribution < -0.4 is 9.47 Å². The van der Waals surface area contributed by atoms with E-state index in [0.717, 1.165) is 28.2 Å². The number of carbonyl (C=O) groups excluding carboxylic acids is 1. The third-order valence-corrected chi connectivity index (χ3v) is 3.93. The van der Waals surface area contributed by atoms with Gasteiger partial charge < -0.3 is 14.2 Å². The van der Waals surface area contributed by atoms with Gasteiger partial charge in [-0.05, 0) is 67.5 Å². The number of hydrogen-bond donors (Lipinski definition) is 0. The summed E-state index contributed by atoms with van der Waals surface area (Å²) in [5.74, 6) is 1.76. The van der Waals surface area contributed by atoms with Crippen molar-refractivity contribution >= 4 is 17.8 Å². The van der Waals surface area contributed by atoms with E-state index in [-0.39, 0.29) is 5.97 Å². The Labute approximate surface area is 147 Å². The number of benzene rings is 2. The largest absolute Gasteiger partial charge is 0.496 e. The van der Waals surface area contributed by atoms with Crippen LogP contribution in [-0.4, -0.2) is 19.7 Å². The number of methoxy groups -OCH3 is 1. The Balaban J connectivity index is 1.86. The van der Waals surface area contributed by atoms with Gasteiger partial charge in [-0.1, -0.05) is 12.1 Å². The normalized spacial score (nSPS) is 15.1. The van der Waals surface area contributed by atoms with Crippen LogP contribution in [0.1, 0.15) is 23.6 Å². The highest BCUT2D eigenvalue weighted by molar-refractivity contribution is 6.05. The standard InChI is InChI=1S/C21H20O4/c1-4-24-18-9-7-16(8-10-18)20-13-17(21(22)25-20)11-15-6-5-14(2)19(12-15)23-3/h5-13H,4H2,1-3H3. The SMILES string of the molecule is CCOc1ccc(C2=CC(=Cc3ccc(C)c(OC)c3)C(=O)O2)cc1. The van der Waals surface area contributed by atoms with Gasteiger partial charge in [0.05, 0.1) is 19.3 Å². The Morgan fingerprint density at radius 3 is 2.56 bits per heavy atom. The summed E-state index contributed by atoms with van der Waals surface area (Å²) in [6.07, 6.45) is 3.55. The first-order valence-corrected chi connectivity index (χ1v) is 8.14. The minimum absolute atomic E-state index is 0.358. The van der Waals surface area contributed by atoms with E-state index < -0.39 is 0 Å². The van der Waals surface area contributed by atoms with Crippen molar-refractivity contribution < 1.29 is 19.0 Å². The van der Waals surface area contributed by atoms with Gasteiger partial charge in [-0.25, -0.2) is 4.79 Å². The number of hydrogen-bond acceptors (Lipinski definition) is 4. The smallest absolute Gasteiger partial charge is 0.343 e. The molecule has 2 aromatic carbocycles. The highest BCUT2D eigenvalue weighted by atomic mass is 16.5. The maximum absolute atomic E-state index is 12.2. The molecule has 128 valence electrons. The summed E-state index contributed by atoms with van der Waals surface area (Å²) in [6, 6.07) is 13.3. The van der Waals surface area contributed by atoms with Crippen LogP contribution in [0.5, 0.6) is 11.5 Å². The Morgan fingerprint density at radius 1 is 1.12 bits per heavy atom. The van der Waals surface area contributed by atoms with Crippen molar-refractivity contribution in [1.29, 1.82) is 0 Å². The molecule has 4 heteroatoms. The van der Waals surface area contributed by atoms with Crippen molar-refractivity contribution in [3.63, 3.8) is 0 Å². The number of cyclic esters (lactones) is 1. The lowest BCUT2D eigenvalue weighted by Gasteiger charge is -2.05. The molecule has 0 bridgehead atoms. The Hall–Kier alpha value is -3.01. The van der Waals surface area contributed by atoms with Crippen molar-refractivity contribution in [2.75, 3.05) is 13.7 Å². The van der Waals surface area contributed by atoms with E-state index in [1.165, 1.54) is 0 Å². The van der Waals surface area contributed by atoms with Crippen LogP contribution in [0.15, 0.2) is 54.1 Å². The maximum Gasteiger partial charge on any atom is 0.343 e. The van der Waals surface area contributed by atoms with Crippen molar-refractivity contribution in [3.05, 3.63) is 70.8 Å². The molecular formula is C21H20O4. The summed E-state index contributed by atoms with van der Waals surface area (Å²) in [5.41, 5.74) is 3.28.